The molecular formula is C18H25N3O2S. The predicted molar refractivity (Wildman–Crippen MR) is 97.6 cm³/mol. The minimum Gasteiger partial charge on any atom is -0.350 e. The Balaban J connectivity index is 1.62. The lowest BCUT2D eigenvalue weighted by Crippen LogP contribution is -2.53. The first-order chi connectivity index (χ1) is 11.5. The molecule has 0 aromatic heterocycles. The number of fused-ring (bicyclic) bond motifs is 1. The van der Waals surface area contributed by atoms with Crippen LogP contribution in [0.3, 0.4) is 0 Å². The monoisotopic (exact) mass is 347 g/mol. The van der Waals surface area contributed by atoms with Crippen LogP contribution < -0.4 is 10.6 Å². The van der Waals surface area contributed by atoms with E-state index in [4.69, 9.17) is 0 Å². The molecule has 130 valence electrons. The number of carbonyl (C=O) groups excluding carboxylic acids is 2. The van der Waals surface area contributed by atoms with Gasteiger partial charge in [0, 0.05) is 22.5 Å². The molecule has 0 spiro atoms. The van der Waals surface area contributed by atoms with Crippen molar-refractivity contribution in [2.24, 2.45) is 0 Å². The van der Waals surface area contributed by atoms with E-state index in [1.807, 2.05) is 12.1 Å². The number of amides is 2. The minimum absolute atomic E-state index is 0.0173. The average Bonchev–Trinajstić information content (AvgIpc) is 2.60. The summed E-state index contributed by atoms with van der Waals surface area (Å²) >= 11 is 1.50. The van der Waals surface area contributed by atoms with Gasteiger partial charge in [0.25, 0.3) is 5.91 Å². The summed E-state index contributed by atoms with van der Waals surface area (Å²) in [5.74, 6) is 0.326. The maximum absolute atomic E-state index is 12.5. The number of hydrogen-bond acceptors (Lipinski definition) is 4. The Morgan fingerprint density at radius 1 is 1.29 bits per heavy atom. The third-order valence-electron chi connectivity index (χ3n) is 4.77. The molecule has 0 atom stereocenters. The quantitative estimate of drug-likeness (QED) is 0.879. The van der Waals surface area contributed by atoms with Crippen molar-refractivity contribution in [3.8, 4) is 0 Å². The highest BCUT2D eigenvalue weighted by atomic mass is 32.2. The van der Waals surface area contributed by atoms with E-state index in [1.54, 1.807) is 6.07 Å². The van der Waals surface area contributed by atoms with E-state index in [1.165, 1.54) is 31.0 Å². The molecule has 2 N–H and O–H groups in total. The number of rotatable bonds is 4. The Bertz CT molecular complexity index is 639. The molecule has 1 saturated heterocycles. The fraction of sp³-hybridized carbons (Fsp3) is 0.556. The summed E-state index contributed by atoms with van der Waals surface area (Å²) in [6, 6.07) is 5.50. The van der Waals surface area contributed by atoms with Gasteiger partial charge in [-0.25, -0.2) is 0 Å². The van der Waals surface area contributed by atoms with E-state index in [-0.39, 0.29) is 17.4 Å². The van der Waals surface area contributed by atoms with Gasteiger partial charge < -0.3 is 10.6 Å². The zero-order valence-corrected chi connectivity index (χ0v) is 15.2. The average molecular weight is 347 g/mol. The van der Waals surface area contributed by atoms with E-state index in [9.17, 15) is 9.59 Å². The van der Waals surface area contributed by atoms with Gasteiger partial charge in [0.05, 0.1) is 11.4 Å². The maximum Gasteiger partial charge on any atom is 0.251 e. The first-order valence-electron chi connectivity index (χ1n) is 8.56. The molecule has 2 heterocycles. The van der Waals surface area contributed by atoms with Gasteiger partial charge in [-0.3, -0.25) is 14.5 Å². The third-order valence-corrected chi connectivity index (χ3v) is 5.84. The summed E-state index contributed by atoms with van der Waals surface area (Å²) in [6.07, 6.45) is 3.77. The molecule has 6 heteroatoms. The van der Waals surface area contributed by atoms with Crippen molar-refractivity contribution in [2.75, 3.05) is 30.7 Å². The van der Waals surface area contributed by atoms with Crippen molar-refractivity contribution < 1.29 is 9.59 Å². The zero-order chi connectivity index (χ0) is 17.2. The van der Waals surface area contributed by atoms with Gasteiger partial charge in [-0.15, -0.1) is 11.8 Å². The van der Waals surface area contributed by atoms with E-state index < -0.39 is 0 Å². The van der Waals surface area contributed by atoms with E-state index >= 15 is 0 Å². The van der Waals surface area contributed by atoms with Crippen molar-refractivity contribution in [1.29, 1.82) is 0 Å². The molecule has 0 aliphatic carbocycles. The van der Waals surface area contributed by atoms with Crippen molar-refractivity contribution in [3.05, 3.63) is 23.8 Å². The molecule has 0 bridgehead atoms. The van der Waals surface area contributed by atoms with Gasteiger partial charge in [-0.2, -0.15) is 0 Å². The molecule has 24 heavy (non-hydrogen) atoms. The number of carbonyl (C=O) groups is 2. The molecule has 2 aliphatic rings. The van der Waals surface area contributed by atoms with Crippen LogP contribution in [0.15, 0.2) is 23.1 Å². The topological polar surface area (TPSA) is 61.4 Å². The molecule has 3 rings (SSSR count). The number of nitrogens with one attached hydrogen (secondary N) is 2. The Morgan fingerprint density at radius 3 is 2.79 bits per heavy atom. The first kappa shape index (κ1) is 17.3. The second-order valence-corrected chi connectivity index (χ2v) is 8.11. The second kappa shape index (κ2) is 7.15. The third kappa shape index (κ3) is 3.92. The summed E-state index contributed by atoms with van der Waals surface area (Å²) < 4.78 is 0. The summed E-state index contributed by atoms with van der Waals surface area (Å²) in [6.45, 7) is 7.19. The number of piperidine rings is 1. The normalized spacial score (nSPS) is 18.7. The molecule has 5 nitrogen and oxygen atoms in total. The van der Waals surface area contributed by atoms with Crippen LogP contribution in [0.5, 0.6) is 0 Å². The molecule has 2 amide bonds. The highest BCUT2D eigenvalue weighted by Gasteiger charge is 2.28. The van der Waals surface area contributed by atoms with Crippen LogP contribution in [0.2, 0.25) is 0 Å². The number of benzene rings is 1. The molecular weight excluding hydrogens is 322 g/mol. The molecule has 1 fully saturated rings. The largest absolute Gasteiger partial charge is 0.350 e. The van der Waals surface area contributed by atoms with E-state index in [0.717, 1.165) is 23.7 Å². The number of likely N-dealkylation sites (tertiary alicyclic amines) is 1. The summed E-state index contributed by atoms with van der Waals surface area (Å²) in [5.41, 5.74) is 1.28. The Labute approximate surface area is 147 Å². The smallest absolute Gasteiger partial charge is 0.251 e. The summed E-state index contributed by atoms with van der Waals surface area (Å²) in [7, 11) is 0. The van der Waals surface area contributed by atoms with Gasteiger partial charge in [0.2, 0.25) is 5.91 Å². The standard InChI is InChI=1S/C18H25N3O2S/c1-18(2,21-8-4-3-5-9-21)12-19-17(23)13-6-7-15-14(10-13)20-16(22)11-24-15/h6-7,10H,3-5,8-9,11-12H2,1-2H3,(H,19,23)(H,20,22). The molecule has 0 saturated carbocycles. The van der Waals surface area contributed by atoms with Gasteiger partial charge in [0.1, 0.15) is 0 Å². The number of anilines is 1. The Hall–Kier alpha value is -1.53. The van der Waals surface area contributed by atoms with Gasteiger partial charge in [-0.05, 0) is 58.0 Å². The van der Waals surface area contributed by atoms with Crippen LogP contribution in [-0.2, 0) is 4.79 Å². The van der Waals surface area contributed by atoms with Crippen LogP contribution in [0.1, 0.15) is 43.5 Å². The lowest BCUT2D eigenvalue weighted by molar-refractivity contribution is -0.113. The van der Waals surface area contributed by atoms with Gasteiger partial charge >= 0.3 is 0 Å². The highest BCUT2D eigenvalue weighted by molar-refractivity contribution is 8.00. The second-order valence-electron chi connectivity index (χ2n) is 7.09. The van der Waals surface area contributed by atoms with Crippen LogP contribution in [0.25, 0.3) is 0 Å². The Kier molecular flexibility index (Phi) is 5.15. The van der Waals surface area contributed by atoms with Gasteiger partial charge in [-0.1, -0.05) is 6.42 Å². The van der Waals surface area contributed by atoms with E-state index in [2.05, 4.69) is 29.4 Å². The molecule has 0 radical (unpaired) electrons. The minimum atomic E-state index is -0.0901. The van der Waals surface area contributed by atoms with Crippen LogP contribution in [-0.4, -0.2) is 47.6 Å². The van der Waals surface area contributed by atoms with Crippen molar-refractivity contribution >= 4 is 29.3 Å². The molecule has 0 unspecified atom stereocenters. The SMILES string of the molecule is CC(C)(CNC(=O)c1ccc2c(c1)NC(=O)CS2)N1CCCCC1. The zero-order valence-electron chi connectivity index (χ0n) is 14.4. The summed E-state index contributed by atoms with van der Waals surface area (Å²) in [4.78, 5) is 27.5. The summed E-state index contributed by atoms with van der Waals surface area (Å²) in [5, 5.41) is 5.89. The van der Waals surface area contributed by atoms with Crippen molar-refractivity contribution in [1.82, 2.24) is 10.2 Å². The van der Waals surface area contributed by atoms with Gasteiger partial charge in [0.15, 0.2) is 0 Å². The van der Waals surface area contributed by atoms with Crippen LogP contribution in [0, 0.1) is 0 Å². The van der Waals surface area contributed by atoms with E-state index in [0.29, 0.717) is 17.9 Å². The predicted octanol–water partition coefficient (Wildman–Crippen LogP) is 2.73. The van der Waals surface area contributed by atoms with Crippen molar-refractivity contribution in [3.63, 3.8) is 0 Å². The molecule has 2 aliphatic heterocycles. The number of hydrogen-bond donors (Lipinski definition) is 2. The first-order valence-corrected chi connectivity index (χ1v) is 9.54. The fourth-order valence-electron chi connectivity index (χ4n) is 3.23. The lowest BCUT2D eigenvalue weighted by Gasteiger charge is -2.41. The Morgan fingerprint density at radius 2 is 2.04 bits per heavy atom. The van der Waals surface area contributed by atoms with Crippen molar-refractivity contribution in [2.45, 2.75) is 43.5 Å². The highest BCUT2D eigenvalue weighted by Crippen LogP contribution is 2.32. The molecule has 1 aromatic rings. The van der Waals surface area contributed by atoms with Crippen LogP contribution >= 0.6 is 11.8 Å². The maximum atomic E-state index is 12.5. The number of nitrogens with zero attached hydrogens (tertiary/aromatic N) is 1. The fourth-order valence-corrected chi connectivity index (χ4v) is 4.02. The van der Waals surface area contributed by atoms with Crippen LogP contribution in [0.4, 0.5) is 5.69 Å². The lowest BCUT2D eigenvalue weighted by atomic mass is 9.98. The number of thioether (sulfide) groups is 1. The molecule has 1 aromatic carbocycles.